The molecule has 1 aliphatic rings. The first-order valence-electron chi connectivity index (χ1n) is 6.65. The number of anilines is 1. The Morgan fingerprint density at radius 2 is 2.10 bits per heavy atom. The number of amides is 1. The van der Waals surface area contributed by atoms with Crippen LogP contribution < -0.4 is 5.32 Å². The van der Waals surface area contributed by atoms with E-state index in [2.05, 4.69) is 10.3 Å². The summed E-state index contributed by atoms with van der Waals surface area (Å²) in [6, 6.07) is 5.06. The monoisotopic (exact) mass is 308 g/mol. The molecule has 1 aliphatic carbocycles. The zero-order valence-electron chi connectivity index (χ0n) is 12.2. The lowest BCUT2D eigenvalue weighted by atomic mass is 10.0. The van der Waals surface area contributed by atoms with Crippen LogP contribution in [0.1, 0.15) is 39.2 Å². The van der Waals surface area contributed by atoms with Crippen LogP contribution in [0.5, 0.6) is 0 Å². The lowest BCUT2D eigenvalue weighted by Gasteiger charge is -2.21. The number of halogens is 1. The minimum absolute atomic E-state index is 0.520. The number of carbonyl (C=O) groups excluding carboxylic acids is 2. The number of nitrogens with one attached hydrogen (secondary N) is 1. The second kappa shape index (κ2) is 5.51. The van der Waals surface area contributed by atoms with Crippen molar-refractivity contribution >= 4 is 29.5 Å². The molecule has 1 aromatic carbocycles. The first-order valence-corrected chi connectivity index (χ1v) is 7.03. The third kappa shape index (κ3) is 3.84. The van der Waals surface area contributed by atoms with E-state index < -0.39 is 17.2 Å². The second-order valence-corrected chi connectivity index (χ2v) is 6.49. The first kappa shape index (κ1) is 15.5. The minimum atomic E-state index is -0.614. The minimum Gasteiger partial charge on any atom is -0.444 e. The second-order valence-electron chi connectivity index (χ2n) is 6.05. The highest BCUT2D eigenvalue weighted by Crippen LogP contribution is 2.52. The van der Waals surface area contributed by atoms with E-state index in [0.717, 1.165) is 12.8 Å². The van der Waals surface area contributed by atoms with Gasteiger partial charge in [-0.1, -0.05) is 11.6 Å². The molecule has 0 radical (unpaired) electrons. The quantitative estimate of drug-likeness (QED) is 0.677. The largest absolute Gasteiger partial charge is 0.444 e. The van der Waals surface area contributed by atoms with Crippen molar-refractivity contribution in [2.24, 2.45) is 4.99 Å². The van der Waals surface area contributed by atoms with Crippen LogP contribution in [0, 0.1) is 0 Å². The van der Waals surface area contributed by atoms with Crippen LogP contribution in [0.4, 0.5) is 10.5 Å². The van der Waals surface area contributed by atoms with Crippen LogP contribution in [-0.4, -0.2) is 17.8 Å². The first-order chi connectivity index (χ1) is 9.76. The third-order valence-electron chi connectivity index (χ3n) is 3.10. The molecular formula is C15H17ClN2O3. The van der Waals surface area contributed by atoms with Crippen molar-refractivity contribution in [3.05, 3.63) is 28.8 Å². The number of carbonyl (C=O) groups is 1. The Bertz CT molecular complexity index is 612. The molecule has 2 rings (SSSR count). The van der Waals surface area contributed by atoms with Crippen molar-refractivity contribution < 1.29 is 14.3 Å². The zero-order chi connectivity index (χ0) is 15.7. The van der Waals surface area contributed by atoms with Gasteiger partial charge in [-0.3, -0.25) is 5.32 Å². The fourth-order valence-corrected chi connectivity index (χ4v) is 2.24. The number of hydrogen-bond donors (Lipinski definition) is 1. The lowest BCUT2D eigenvalue weighted by molar-refractivity contribution is 0.0635. The van der Waals surface area contributed by atoms with Gasteiger partial charge in [0, 0.05) is 16.3 Å². The maximum absolute atomic E-state index is 11.9. The van der Waals surface area contributed by atoms with Crippen LogP contribution >= 0.6 is 11.6 Å². The molecule has 1 saturated carbocycles. The van der Waals surface area contributed by atoms with Crippen molar-refractivity contribution in [2.45, 2.75) is 44.8 Å². The van der Waals surface area contributed by atoms with Crippen LogP contribution in [0.15, 0.2) is 23.2 Å². The highest BCUT2D eigenvalue weighted by atomic mass is 35.5. The van der Waals surface area contributed by atoms with Gasteiger partial charge in [-0.05, 0) is 51.8 Å². The van der Waals surface area contributed by atoms with E-state index in [1.165, 1.54) is 0 Å². The predicted octanol–water partition coefficient (Wildman–Crippen LogP) is 4.01. The Morgan fingerprint density at radius 1 is 1.43 bits per heavy atom. The molecule has 1 aromatic rings. The summed E-state index contributed by atoms with van der Waals surface area (Å²) in [7, 11) is 0. The van der Waals surface area contributed by atoms with Gasteiger partial charge in [0.05, 0.1) is 0 Å². The van der Waals surface area contributed by atoms with Gasteiger partial charge >= 0.3 is 6.09 Å². The third-order valence-corrected chi connectivity index (χ3v) is 3.34. The van der Waals surface area contributed by atoms with Gasteiger partial charge in [-0.15, -0.1) is 0 Å². The van der Waals surface area contributed by atoms with Gasteiger partial charge in [-0.25, -0.2) is 9.59 Å². The molecule has 6 heteroatoms. The van der Waals surface area contributed by atoms with Crippen molar-refractivity contribution in [3.8, 4) is 0 Å². The smallest absolute Gasteiger partial charge is 0.412 e. The Morgan fingerprint density at radius 3 is 2.62 bits per heavy atom. The molecule has 5 nitrogen and oxygen atoms in total. The van der Waals surface area contributed by atoms with Gasteiger partial charge in [0.1, 0.15) is 11.1 Å². The summed E-state index contributed by atoms with van der Waals surface area (Å²) >= 11 is 6.01. The highest BCUT2D eigenvalue weighted by molar-refractivity contribution is 6.30. The van der Waals surface area contributed by atoms with Crippen molar-refractivity contribution in [3.63, 3.8) is 0 Å². The molecule has 0 aliphatic heterocycles. The fourth-order valence-electron chi connectivity index (χ4n) is 2.07. The number of hydrogen-bond acceptors (Lipinski definition) is 4. The standard InChI is InChI=1S/C15H17ClN2O3/c1-14(2,3)21-13(20)18-12-5-4-10(16)8-11(12)15(6-7-15)17-9-19/h4-5,8H,6-7H2,1-3H3,(H,18,20). The molecule has 1 N–H and O–H groups in total. The Kier molecular flexibility index (Phi) is 4.08. The molecule has 0 atom stereocenters. The molecule has 0 spiro atoms. The molecule has 1 fully saturated rings. The molecule has 0 aromatic heterocycles. The predicted molar refractivity (Wildman–Crippen MR) is 80.3 cm³/mol. The Hall–Kier alpha value is -1.84. The zero-order valence-corrected chi connectivity index (χ0v) is 13.0. The van der Waals surface area contributed by atoms with Crippen molar-refractivity contribution in [1.29, 1.82) is 0 Å². The van der Waals surface area contributed by atoms with Crippen LogP contribution in [-0.2, 0) is 15.1 Å². The molecule has 0 saturated heterocycles. The number of ether oxygens (including phenoxy) is 1. The van der Waals surface area contributed by atoms with E-state index in [9.17, 15) is 9.59 Å². The average Bonchev–Trinajstić information content (AvgIpc) is 3.10. The summed E-state index contributed by atoms with van der Waals surface area (Å²) in [5.41, 5.74) is 0.0562. The number of aliphatic imine (C=N–C) groups is 1. The van der Waals surface area contributed by atoms with Gasteiger partial charge in [0.2, 0.25) is 6.08 Å². The Balaban J connectivity index is 2.28. The summed E-state index contributed by atoms with van der Waals surface area (Å²) in [4.78, 5) is 26.4. The van der Waals surface area contributed by atoms with Crippen molar-refractivity contribution in [2.75, 3.05) is 5.32 Å². The van der Waals surface area contributed by atoms with E-state index >= 15 is 0 Å². The highest BCUT2D eigenvalue weighted by Gasteiger charge is 2.46. The molecular weight excluding hydrogens is 292 g/mol. The normalized spacial score (nSPS) is 15.8. The maximum Gasteiger partial charge on any atom is 0.412 e. The van der Waals surface area contributed by atoms with Crippen molar-refractivity contribution in [1.82, 2.24) is 0 Å². The van der Waals surface area contributed by atoms with Gasteiger partial charge in [-0.2, -0.15) is 4.99 Å². The summed E-state index contributed by atoms with van der Waals surface area (Å²) in [5, 5.41) is 3.21. The summed E-state index contributed by atoms with van der Waals surface area (Å²) < 4.78 is 5.23. The summed E-state index contributed by atoms with van der Waals surface area (Å²) in [6.07, 6.45) is 2.49. The Labute approximate surface area is 128 Å². The molecule has 1 amide bonds. The SMILES string of the molecule is CC(C)(C)OC(=O)Nc1ccc(Cl)cc1C1(N=C=O)CC1. The summed E-state index contributed by atoms with van der Waals surface area (Å²) in [6.45, 7) is 5.36. The number of nitrogens with zero attached hydrogens (tertiary/aromatic N) is 1. The van der Waals surface area contributed by atoms with E-state index in [0.29, 0.717) is 16.3 Å². The molecule has 0 unspecified atom stereocenters. The van der Waals surface area contributed by atoms with Gasteiger partial charge < -0.3 is 4.74 Å². The average molecular weight is 309 g/mol. The van der Waals surface area contributed by atoms with Gasteiger partial charge in [0.25, 0.3) is 0 Å². The van der Waals surface area contributed by atoms with Crippen LogP contribution in [0.3, 0.4) is 0 Å². The molecule has 112 valence electrons. The van der Waals surface area contributed by atoms with Gasteiger partial charge in [0.15, 0.2) is 0 Å². The lowest BCUT2D eigenvalue weighted by Crippen LogP contribution is -2.27. The fraction of sp³-hybridized carbons (Fsp3) is 0.467. The summed E-state index contributed by atoms with van der Waals surface area (Å²) in [5.74, 6) is 0. The maximum atomic E-state index is 11.9. The van der Waals surface area contributed by atoms with Crippen LogP contribution in [0.25, 0.3) is 0 Å². The van der Waals surface area contributed by atoms with E-state index in [1.807, 2.05) is 0 Å². The number of benzene rings is 1. The molecule has 0 heterocycles. The van der Waals surface area contributed by atoms with Crippen LogP contribution in [0.2, 0.25) is 5.02 Å². The number of isocyanates is 1. The molecule has 0 bridgehead atoms. The number of rotatable bonds is 3. The molecule has 21 heavy (non-hydrogen) atoms. The van der Waals surface area contributed by atoms with E-state index in [-0.39, 0.29) is 0 Å². The van der Waals surface area contributed by atoms with E-state index in [4.69, 9.17) is 16.3 Å². The topological polar surface area (TPSA) is 67.8 Å². The van der Waals surface area contributed by atoms with E-state index in [1.54, 1.807) is 45.1 Å².